The van der Waals surface area contributed by atoms with Crippen LogP contribution >= 0.6 is 0 Å². The second kappa shape index (κ2) is 10.1. The Kier molecular flexibility index (Phi) is 6.76. The maximum Gasteiger partial charge on any atom is 0.309 e. The molecule has 8 heteroatoms. The van der Waals surface area contributed by atoms with E-state index < -0.39 is 17.9 Å². The van der Waals surface area contributed by atoms with Gasteiger partial charge in [0.15, 0.2) is 11.5 Å². The summed E-state index contributed by atoms with van der Waals surface area (Å²) < 4.78 is 16.3. The van der Waals surface area contributed by atoms with E-state index in [0.717, 1.165) is 27.9 Å². The van der Waals surface area contributed by atoms with Crippen LogP contribution in [0.2, 0.25) is 0 Å². The molecule has 2 N–H and O–H groups in total. The van der Waals surface area contributed by atoms with Gasteiger partial charge in [-0.3, -0.25) is 14.5 Å². The number of nitrogens with one attached hydrogen (secondary N) is 1. The van der Waals surface area contributed by atoms with E-state index in [-0.39, 0.29) is 25.2 Å². The Balaban J connectivity index is 1.48. The quantitative estimate of drug-likeness (QED) is 0.490. The van der Waals surface area contributed by atoms with Gasteiger partial charge in [-0.1, -0.05) is 30.3 Å². The fourth-order valence-electron chi connectivity index (χ4n) is 5.32. The van der Waals surface area contributed by atoms with Gasteiger partial charge in [0.2, 0.25) is 12.7 Å². The predicted molar refractivity (Wildman–Crippen MR) is 138 cm³/mol. The molecule has 0 aliphatic carbocycles. The zero-order valence-electron chi connectivity index (χ0n) is 21.1. The maximum atomic E-state index is 13.2. The molecule has 2 aliphatic heterocycles. The van der Waals surface area contributed by atoms with Gasteiger partial charge in [0, 0.05) is 24.2 Å². The van der Waals surface area contributed by atoms with E-state index in [2.05, 4.69) is 5.32 Å². The van der Waals surface area contributed by atoms with Gasteiger partial charge < -0.3 is 24.6 Å². The molecule has 192 valence electrons. The van der Waals surface area contributed by atoms with Crippen molar-refractivity contribution in [3.63, 3.8) is 0 Å². The number of hydrogen-bond acceptors (Lipinski definition) is 6. The molecule has 2 aliphatic rings. The van der Waals surface area contributed by atoms with Crippen molar-refractivity contribution in [1.82, 2.24) is 4.90 Å². The summed E-state index contributed by atoms with van der Waals surface area (Å²) in [5, 5.41) is 13.4. The van der Waals surface area contributed by atoms with Crippen molar-refractivity contribution in [2.45, 2.75) is 25.8 Å². The molecule has 0 bridgehead atoms. The number of aryl methyl sites for hydroxylation is 2. The number of fused-ring (bicyclic) bond motifs is 1. The standard InChI is InChI=1S/C29H30N2O6/c1-17-4-5-18(2)23(12-17)30-26(32)15-31-14-22(20-8-11-24-25(13-20)37-16-36-24)27(29(33)34)28(31)19-6-9-21(35-3)10-7-19/h4-13,22,27-28H,14-16H2,1-3H3,(H,30,32)(H,33,34)/t22-,27+,28-/m1/s1. The fraction of sp³-hybridized carbons (Fsp3) is 0.310. The molecular formula is C29H30N2O6. The summed E-state index contributed by atoms with van der Waals surface area (Å²) in [6.07, 6.45) is 0. The number of carboxylic acid groups (broad SMARTS) is 1. The van der Waals surface area contributed by atoms with E-state index in [9.17, 15) is 14.7 Å². The average molecular weight is 503 g/mol. The second-order valence-corrected chi connectivity index (χ2v) is 9.60. The minimum atomic E-state index is -0.916. The van der Waals surface area contributed by atoms with E-state index in [1.807, 2.05) is 79.4 Å². The molecule has 1 fully saturated rings. The smallest absolute Gasteiger partial charge is 0.309 e. The highest BCUT2D eigenvalue weighted by atomic mass is 16.7. The molecule has 2 heterocycles. The zero-order chi connectivity index (χ0) is 26.1. The minimum Gasteiger partial charge on any atom is -0.497 e. The van der Waals surface area contributed by atoms with Gasteiger partial charge in [-0.15, -0.1) is 0 Å². The number of amides is 1. The summed E-state index contributed by atoms with van der Waals surface area (Å²) >= 11 is 0. The van der Waals surface area contributed by atoms with E-state index in [0.29, 0.717) is 23.8 Å². The number of carbonyl (C=O) groups is 2. The maximum absolute atomic E-state index is 13.2. The van der Waals surface area contributed by atoms with Crippen molar-refractivity contribution in [3.8, 4) is 17.2 Å². The van der Waals surface area contributed by atoms with Gasteiger partial charge in [-0.25, -0.2) is 0 Å². The topological polar surface area (TPSA) is 97.3 Å². The molecule has 3 aromatic carbocycles. The Bertz CT molecular complexity index is 1320. The van der Waals surface area contributed by atoms with Gasteiger partial charge >= 0.3 is 5.97 Å². The van der Waals surface area contributed by atoms with Crippen molar-refractivity contribution < 1.29 is 28.9 Å². The highest BCUT2D eigenvalue weighted by molar-refractivity contribution is 5.93. The number of ether oxygens (including phenoxy) is 3. The number of carboxylic acids is 1. The molecule has 3 atom stereocenters. The van der Waals surface area contributed by atoms with E-state index in [1.165, 1.54) is 0 Å². The summed E-state index contributed by atoms with van der Waals surface area (Å²) in [6, 6.07) is 18.3. The lowest BCUT2D eigenvalue weighted by molar-refractivity contribution is -0.143. The molecule has 5 rings (SSSR count). The molecule has 1 amide bonds. The van der Waals surface area contributed by atoms with Gasteiger partial charge in [-0.2, -0.15) is 0 Å². The molecule has 3 aromatic rings. The number of nitrogens with zero attached hydrogens (tertiary/aromatic N) is 1. The number of benzene rings is 3. The number of anilines is 1. The van der Waals surface area contributed by atoms with Crippen molar-refractivity contribution in [1.29, 1.82) is 0 Å². The first kappa shape index (κ1) is 24.6. The van der Waals surface area contributed by atoms with Crippen LogP contribution in [0.5, 0.6) is 17.2 Å². The van der Waals surface area contributed by atoms with Crippen LogP contribution in [-0.4, -0.2) is 48.9 Å². The number of rotatable bonds is 7. The summed E-state index contributed by atoms with van der Waals surface area (Å²) in [7, 11) is 1.59. The van der Waals surface area contributed by atoms with Crippen LogP contribution in [-0.2, 0) is 9.59 Å². The van der Waals surface area contributed by atoms with Crippen LogP contribution in [0, 0.1) is 19.8 Å². The molecule has 0 radical (unpaired) electrons. The highest BCUT2D eigenvalue weighted by Crippen LogP contribution is 2.47. The Morgan fingerprint density at radius 2 is 1.73 bits per heavy atom. The number of carbonyl (C=O) groups excluding carboxylic acids is 1. The summed E-state index contributed by atoms with van der Waals surface area (Å²) in [4.78, 5) is 27.9. The van der Waals surface area contributed by atoms with E-state index in [4.69, 9.17) is 14.2 Å². The first-order valence-electron chi connectivity index (χ1n) is 12.2. The van der Waals surface area contributed by atoms with E-state index >= 15 is 0 Å². The van der Waals surface area contributed by atoms with Crippen LogP contribution in [0.15, 0.2) is 60.7 Å². The third-order valence-corrected chi connectivity index (χ3v) is 7.18. The summed E-state index contributed by atoms with van der Waals surface area (Å²) in [5.41, 5.74) is 4.43. The molecule has 0 aromatic heterocycles. The minimum absolute atomic E-state index is 0.0505. The normalized spacial score (nSPS) is 20.6. The van der Waals surface area contributed by atoms with Gasteiger partial charge in [0.05, 0.1) is 19.6 Å². The monoisotopic (exact) mass is 502 g/mol. The van der Waals surface area contributed by atoms with Crippen LogP contribution in [0.4, 0.5) is 5.69 Å². The number of aliphatic carboxylic acids is 1. The van der Waals surface area contributed by atoms with Gasteiger partial charge in [-0.05, 0) is 66.4 Å². The fourth-order valence-corrected chi connectivity index (χ4v) is 5.32. The number of likely N-dealkylation sites (tertiary alicyclic amines) is 1. The summed E-state index contributed by atoms with van der Waals surface area (Å²) in [5.74, 6) is -0.308. The molecule has 37 heavy (non-hydrogen) atoms. The van der Waals surface area contributed by atoms with Gasteiger partial charge in [0.1, 0.15) is 5.75 Å². The zero-order valence-corrected chi connectivity index (χ0v) is 21.1. The first-order valence-corrected chi connectivity index (χ1v) is 12.2. The second-order valence-electron chi connectivity index (χ2n) is 9.60. The lowest BCUT2D eigenvalue weighted by atomic mass is 9.82. The first-order chi connectivity index (χ1) is 17.8. The van der Waals surface area contributed by atoms with Crippen LogP contribution in [0.1, 0.15) is 34.2 Å². The molecule has 0 saturated carbocycles. The molecule has 8 nitrogen and oxygen atoms in total. The predicted octanol–water partition coefficient (Wildman–Crippen LogP) is 4.52. The number of hydrogen-bond donors (Lipinski definition) is 2. The lowest BCUT2D eigenvalue weighted by Gasteiger charge is -2.27. The van der Waals surface area contributed by atoms with Crippen molar-refractivity contribution in [2.75, 3.05) is 32.3 Å². The lowest BCUT2D eigenvalue weighted by Crippen LogP contribution is -2.35. The Morgan fingerprint density at radius 1 is 1.00 bits per heavy atom. The Morgan fingerprint density at radius 3 is 2.46 bits per heavy atom. The van der Waals surface area contributed by atoms with Gasteiger partial charge in [0.25, 0.3) is 0 Å². The third-order valence-electron chi connectivity index (χ3n) is 7.18. The van der Waals surface area contributed by atoms with Crippen LogP contribution in [0.25, 0.3) is 0 Å². The molecule has 1 saturated heterocycles. The van der Waals surface area contributed by atoms with Crippen LogP contribution < -0.4 is 19.5 Å². The Hall–Kier alpha value is -4.04. The van der Waals surface area contributed by atoms with Crippen molar-refractivity contribution >= 4 is 17.6 Å². The van der Waals surface area contributed by atoms with Crippen molar-refractivity contribution in [2.24, 2.45) is 5.92 Å². The largest absolute Gasteiger partial charge is 0.497 e. The molecule has 0 spiro atoms. The molecule has 0 unspecified atom stereocenters. The van der Waals surface area contributed by atoms with Crippen molar-refractivity contribution in [3.05, 3.63) is 82.9 Å². The van der Waals surface area contributed by atoms with E-state index in [1.54, 1.807) is 7.11 Å². The number of methoxy groups -OCH3 is 1. The highest BCUT2D eigenvalue weighted by Gasteiger charge is 2.48. The SMILES string of the molecule is COc1ccc([C@@H]2[C@@H](C(=O)O)[C@@H](c3ccc4c(c3)OCO4)CN2CC(=O)Nc2cc(C)ccc2C)cc1. The average Bonchev–Trinajstić information content (AvgIpc) is 3.50. The Labute approximate surface area is 215 Å². The summed E-state index contributed by atoms with van der Waals surface area (Å²) in [6.45, 7) is 4.51. The van der Waals surface area contributed by atoms with Crippen LogP contribution in [0.3, 0.4) is 0 Å². The third kappa shape index (κ3) is 4.97. The molecular weight excluding hydrogens is 472 g/mol.